The third kappa shape index (κ3) is 5.96. The van der Waals surface area contributed by atoms with E-state index in [2.05, 4.69) is 5.32 Å². The largest absolute Gasteiger partial charge is 0.491 e. The molecule has 0 spiro atoms. The van der Waals surface area contributed by atoms with Crippen molar-refractivity contribution >= 4 is 23.3 Å². The number of aromatic nitrogens is 2. The van der Waals surface area contributed by atoms with Crippen molar-refractivity contribution in [2.45, 2.75) is 24.9 Å². The van der Waals surface area contributed by atoms with Crippen LogP contribution in [0.4, 0.5) is 5.82 Å². The predicted octanol–water partition coefficient (Wildman–Crippen LogP) is 0.972. The number of carbonyl (C=O) groups is 1. The molecule has 9 nitrogen and oxygen atoms in total. The molecule has 1 aliphatic heterocycles. The monoisotopic (exact) mass is 450 g/mol. The Morgan fingerprint density at radius 2 is 1.97 bits per heavy atom. The molecule has 2 N–H and O–H groups in total. The zero-order chi connectivity index (χ0) is 22.6. The van der Waals surface area contributed by atoms with Gasteiger partial charge in [-0.3, -0.25) is 23.6 Å². The standard InChI is InChI=1S/C21H27ClN4O5/c1-24-17(12-19(28)25(2)20(24)29)23-18(27)13-26-9-4-7-21(30,8-10-26)14-31-16-6-3-5-15(22)11-16/h3,5-6,11-12,30H,4,7-10,13-14H2,1-2H3,(H,23,27). The van der Waals surface area contributed by atoms with Gasteiger partial charge >= 0.3 is 5.69 Å². The topological polar surface area (TPSA) is 106 Å². The van der Waals surface area contributed by atoms with Crippen LogP contribution in [0.2, 0.25) is 5.02 Å². The maximum Gasteiger partial charge on any atom is 0.332 e. The molecular formula is C21H27ClN4O5. The van der Waals surface area contributed by atoms with Crippen molar-refractivity contribution in [3.63, 3.8) is 0 Å². The van der Waals surface area contributed by atoms with Crippen LogP contribution >= 0.6 is 11.6 Å². The van der Waals surface area contributed by atoms with E-state index in [4.69, 9.17) is 16.3 Å². The van der Waals surface area contributed by atoms with Crippen molar-refractivity contribution in [3.05, 3.63) is 56.2 Å². The maximum absolute atomic E-state index is 12.5. The summed E-state index contributed by atoms with van der Waals surface area (Å²) in [4.78, 5) is 38.2. The minimum Gasteiger partial charge on any atom is -0.491 e. The van der Waals surface area contributed by atoms with Crippen LogP contribution in [-0.4, -0.2) is 56.9 Å². The van der Waals surface area contributed by atoms with Crippen molar-refractivity contribution in [2.75, 3.05) is 31.6 Å². The first-order valence-corrected chi connectivity index (χ1v) is 10.4. The van der Waals surface area contributed by atoms with Gasteiger partial charge in [-0.05, 0) is 44.0 Å². The molecular weight excluding hydrogens is 424 g/mol. The second-order valence-corrected chi connectivity index (χ2v) is 8.35. The first kappa shape index (κ1) is 23.1. The van der Waals surface area contributed by atoms with E-state index in [0.29, 0.717) is 43.1 Å². The number of carbonyl (C=O) groups excluding carboxylic acids is 1. The molecule has 0 saturated carbocycles. The quantitative estimate of drug-likeness (QED) is 0.679. The maximum atomic E-state index is 12.5. The van der Waals surface area contributed by atoms with Crippen LogP contribution in [0.15, 0.2) is 39.9 Å². The molecule has 1 fully saturated rings. The average Bonchev–Trinajstić information content (AvgIpc) is 2.91. The lowest BCUT2D eigenvalue weighted by Crippen LogP contribution is -2.40. The molecule has 1 aromatic heterocycles. The summed E-state index contributed by atoms with van der Waals surface area (Å²) in [6.45, 7) is 1.39. The molecule has 0 radical (unpaired) electrons. The summed E-state index contributed by atoms with van der Waals surface area (Å²) in [5.41, 5.74) is -2.00. The number of nitrogens with zero attached hydrogens (tertiary/aromatic N) is 3. The zero-order valence-corrected chi connectivity index (χ0v) is 18.4. The highest BCUT2D eigenvalue weighted by Gasteiger charge is 2.31. The second kappa shape index (κ2) is 9.67. The van der Waals surface area contributed by atoms with Gasteiger partial charge in [0.05, 0.1) is 12.1 Å². The predicted molar refractivity (Wildman–Crippen MR) is 118 cm³/mol. The minimum atomic E-state index is -0.997. The van der Waals surface area contributed by atoms with Gasteiger partial charge in [0, 0.05) is 31.7 Å². The molecule has 1 unspecified atom stereocenters. The molecule has 1 saturated heterocycles. The first-order valence-electron chi connectivity index (χ1n) is 10.1. The summed E-state index contributed by atoms with van der Waals surface area (Å²) in [6, 6.07) is 8.24. The van der Waals surface area contributed by atoms with E-state index in [-0.39, 0.29) is 24.9 Å². The third-order valence-corrected chi connectivity index (χ3v) is 5.71. The van der Waals surface area contributed by atoms with Crippen LogP contribution in [0.3, 0.4) is 0 Å². The number of benzene rings is 1. The molecule has 168 valence electrons. The van der Waals surface area contributed by atoms with Crippen LogP contribution in [0.25, 0.3) is 0 Å². The Bertz CT molecular complexity index is 1070. The second-order valence-electron chi connectivity index (χ2n) is 7.92. The number of rotatable bonds is 6. The van der Waals surface area contributed by atoms with Crippen molar-refractivity contribution in [2.24, 2.45) is 14.1 Å². The highest BCUT2D eigenvalue weighted by Crippen LogP contribution is 2.25. The Hall–Kier alpha value is -2.62. The number of hydrogen-bond donors (Lipinski definition) is 2. The summed E-state index contributed by atoms with van der Waals surface area (Å²) < 4.78 is 7.91. The van der Waals surface area contributed by atoms with Crippen LogP contribution in [0.1, 0.15) is 19.3 Å². The number of halogens is 1. The molecule has 1 aromatic carbocycles. The Balaban J connectivity index is 1.55. The normalized spacial score (nSPS) is 19.6. The Morgan fingerprint density at radius 1 is 1.19 bits per heavy atom. The highest BCUT2D eigenvalue weighted by molar-refractivity contribution is 6.30. The van der Waals surface area contributed by atoms with E-state index in [9.17, 15) is 19.5 Å². The van der Waals surface area contributed by atoms with Gasteiger partial charge in [0.2, 0.25) is 5.91 Å². The average molecular weight is 451 g/mol. The minimum absolute atomic E-state index is 0.0919. The lowest BCUT2D eigenvalue weighted by atomic mass is 9.96. The molecule has 2 aromatic rings. The van der Waals surface area contributed by atoms with Crippen molar-refractivity contribution in [3.8, 4) is 5.75 Å². The van der Waals surface area contributed by atoms with E-state index in [1.807, 2.05) is 4.90 Å². The number of ether oxygens (including phenoxy) is 1. The number of amides is 1. The van der Waals surface area contributed by atoms with Crippen LogP contribution in [0, 0.1) is 0 Å². The van der Waals surface area contributed by atoms with E-state index < -0.39 is 16.9 Å². The molecule has 31 heavy (non-hydrogen) atoms. The van der Waals surface area contributed by atoms with Gasteiger partial charge in [0.15, 0.2) is 0 Å². The number of likely N-dealkylation sites (tertiary alicyclic amines) is 1. The number of hydrogen-bond acceptors (Lipinski definition) is 6. The zero-order valence-electron chi connectivity index (χ0n) is 17.6. The lowest BCUT2D eigenvalue weighted by molar-refractivity contribution is -0.117. The van der Waals surface area contributed by atoms with Crippen LogP contribution in [0.5, 0.6) is 5.75 Å². The fourth-order valence-corrected chi connectivity index (χ4v) is 3.73. The summed E-state index contributed by atoms with van der Waals surface area (Å²) >= 11 is 5.96. The van der Waals surface area contributed by atoms with E-state index >= 15 is 0 Å². The highest BCUT2D eigenvalue weighted by atomic mass is 35.5. The number of nitrogens with one attached hydrogen (secondary N) is 1. The van der Waals surface area contributed by atoms with Gasteiger partial charge in [0.25, 0.3) is 5.56 Å². The van der Waals surface area contributed by atoms with Gasteiger partial charge in [0.1, 0.15) is 18.2 Å². The van der Waals surface area contributed by atoms with Crippen LogP contribution < -0.4 is 21.3 Å². The molecule has 2 heterocycles. The summed E-state index contributed by atoms with van der Waals surface area (Å²) in [5.74, 6) is 0.421. The number of aliphatic hydroxyl groups is 1. The third-order valence-electron chi connectivity index (χ3n) is 5.47. The van der Waals surface area contributed by atoms with Gasteiger partial charge in [-0.1, -0.05) is 17.7 Å². The summed E-state index contributed by atoms with van der Waals surface area (Å²) in [5, 5.41) is 14.1. The molecule has 0 aliphatic carbocycles. The van der Waals surface area contributed by atoms with Gasteiger partial charge in [-0.25, -0.2) is 4.79 Å². The molecule has 1 aliphatic rings. The first-order chi connectivity index (χ1) is 14.7. The SMILES string of the molecule is Cn1c(NC(=O)CN2CCCC(O)(COc3cccc(Cl)c3)CC2)cc(=O)n(C)c1=O. The molecule has 0 bridgehead atoms. The Morgan fingerprint density at radius 3 is 2.71 bits per heavy atom. The molecule has 1 atom stereocenters. The van der Waals surface area contributed by atoms with Crippen molar-refractivity contribution in [1.82, 2.24) is 14.0 Å². The summed E-state index contributed by atoms with van der Waals surface area (Å²) in [7, 11) is 2.87. The van der Waals surface area contributed by atoms with Gasteiger partial charge in [-0.15, -0.1) is 0 Å². The van der Waals surface area contributed by atoms with E-state index in [1.165, 1.54) is 24.7 Å². The van der Waals surface area contributed by atoms with Crippen LogP contribution in [-0.2, 0) is 18.9 Å². The Labute approximate surface area is 184 Å². The Kier molecular flexibility index (Phi) is 7.19. The number of anilines is 1. The molecule has 3 rings (SSSR count). The van der Waals surface area contributed by atoms with Gasteiger partial charge < -0.3 is 15.2 Å². The smallest absolute Gasteiger partial charge is 0.332 e. The molecule has 10 heteroatoms. The fourth-order valence-electron chi connectivity index (χ4n) is 3.55. The van der Waals surface area contributed by atoms with E-state index in [0.717, 1.165) is 4.57 Å². The van der Waals surface area contributed by atoms with Gasteiger partial charge in [-0.2, -0.15) is 0 Å². The van der Waals surface area contributed by atoms with Crippen molar-refractivity contribution < 1.29 is 14.6 Å². The molecule has 1 amide bonds. The lowest BCUT2D eigenvalue weighted by Gasteiger charge is -2.27. The van der Waals surface area contributed by atoms with E-state index in [1.54, 1.807) is 24.3 Å². The van der Waals surface area contributed by atoms with Crippen molar-refractivity contribution in [1.29, 1.82) is 0 Å². The summed E-state index contributed by atoms with van der Waals surface area (Å²) in [6.07, 6.45) is 1.70. The fraction of sp³-hybridized carbons (Fsp3) is 0.476.